The summed E-state index contributed by atoms with van der Waals surface area (Å²) in [5.74, 6) is 3.20. The molecule has 0 spiro atoms. The average molecular weight is 287 g/mol. The maximum absolute atomic E-state index is 4.76. The van der Waals surface area contributed by atoms with Gasteiger partial charge in [-0.25, -0.2) is 15.0 Å². The summed E-state index contributed by atoms with van der Waals surface area (Å²) in [6.07, 6.45) is 4.61. The van der Waals surface area contributed by atoms with Crippen molar-refractivity contribution in [2.45, 2.75) is 53.5 Å². The number of aryl methyl sites for hydroxylation is 1. The number of nitrogens with zero attached hydrogens (tertiary/aromatic N) is 4. The third-order valence-electron chi connectivity index (χ3n) is 3.59. The van der Waals surface area contributed by atoms with E-state index in [1.165, 1.54) is 0 Å². The van der Waals surface area contributed by atoms with Crippen molar-refractivity contribution < 1.29 is 0 Å². The van der Waals surface area contributed by atoms with Gasteiger partial charge in [0, 0.05) is 43.4 Å². The average Bonchev–Trinajstić information content (AvgIpc) is 2.90. The first-order valence-corrected chi connectivity index (χ1v) is 7.68. The Morgan fingerprint density at radius 1 is 1.24 bits per heavy atom. The summed E-state index contributed by atoms with van der Waals surface area (Å²) in [6.45, 7) is 12.3. The predicted molar refractivity (Wildman–Crippen MR) is 85.7 cm³/mol. The minimum Gasteiger partial charge on any atom is -0.370 e. The number of imidazole rings is 1. The Labute approximate surface area is 126 Å². The summed E-state index contributed by atoms with van der Waals surface area (Å²) in [5.41, 5.74) is 2.18. The maximum Gasteiger partial charge on any atom is 0.133 e. The first-order chi connectivity index (χ1) is 10.1. The van der Waals surface area contributed by atoms with Gasteiger partial charge in [-0.15, -0.1) is 0 Å². The Kier molecular flexibility index (Phi) is 4.94. The Bertz CT molecular complexity index is 601. The van der Waals surface area contributed by atoms with Crippen LogP contribution in [0.3, 0.4) is 0 Å². The molecule has 0 aromatic carbocycles. The SMILES string of the molecule is CCNc1nc(C(C)C)nc(Cc2nccn2CC)c1C. The van der Waals surface area contributed by atoms with Crippen LogP contribution in [0, 0.1) is 6.92 Å². The first-order valence-electron chi connectivity index (χ1n) is 7.68. The van der Waals surface area contributed by atoms with Gasteiger partial charge < -0.3 is 9.88 Å². The molecule has 2 aromatic rings. The molecule has 0 aliphatic heterocycles. The fraction of sp³-hybridized carbons (Fsp3) is 0.562. The zero-order valence-electron chi connectivity index (χ0n) is 13.6. The molecule has 0 saturated carbocycles. The highest BCUT2D eigenvalue weighted by Gasteiger charge is 2.14. The lowest BCUT2D eigenvalue weighted by Crippen LogP contribution is -2.12. The molecular formula is C16H25N5. The van der Waals surface area contributed by atoms with Crippen LogP contribution >= 0.6 is 0 Å². The first kappa shape index (κ1) is 15.5. The third-order valence-corrected chi connectivity index (χ3v) is 3.59. The fourth-order valence-corrected chi connectivity index (χ4v) is 2.30. The van der Waals surface area contributed by atoms with Crippen LogP contribution < -0.4 is 5.32 Å². The van der Waals surface area contributed by atoms with Crippen LogP contribution in [0.1, 0.15) is 56.5 Å². The molecule has 0 aliphatic carbocycles. The van der Waals surface area contributed by atoms with Gasteiger partial charge in [0.05, 0.1) is 5.69 Å². The van der Waals surface area contributed by atoms with E-state index in [0.717, 1.165) is 48.2 Å². The minimum absolute atomic E-state index is 0.313. The predicted octanol–water partition coefficient (Wildman–Crippen LogP) is 3.15. The van der Waals surface area contributed by atoms with Gasteiger partial charge in [-0.2, -0.15) is 0 Å². The van der Waals surface area contributed by atoms with Crippen molar-refractivity contribution in [2.24, 2.45) is 0 Å². The summed E-state index contributed by atoms with van der Waals surface area (Å²) in [5, 5.41) is 3.34. The maximum atomic E-state index is 4.76. The minimum atomic E-state index is 0.313. The lowest BCUT2D eigenvalue weighted by Gasteiger charge is -2.15. The van der Waals surface area contributed by atoms with E-state index in [9.17, 15) is 0 Å². The lowest BCUT2D eigenvalue weighted by molar-refractivity contribution is 0.698. The van der Waals surface area contributed by atoms with Crippen molar-refractivity contribution in [2.75, 3.05) is 11.9 Å². The van der Waals surface area contributed by atoms with E-state index in [-0.39, 0.29) is 0 Å². The van der Waals surface area contributed by atoms with Gasteiger partial charge in [0.2, 0.25) is 0 Å². The molecule has 0 fully saturated rings. The van der Waals surface area contributed by atoms with Crippen molar-refractivity contribution in [3.63, 3.8) is 0 Å². The van der Waals surface area contributed by atoms with E-state index in [1.54, 1.807) is 0 Å². The van der Waals surface area contributed by atoms with Crippen molar-refractivity contribution in [3.05, 3.63) is 35.3 Å². The molecule has 2 aromatic heterocycles. The number of anilines is 1. The molecule has 0 unspecified atom stereocenters. The second-order valence-corrected chi connectivity index (χ2v) is 5.49. The summed E-state index contributed by atoms with van der Waals surface area (Å²) in [7, 11) is 0. The van der Waals surface area contributed by atoms with Crippen LogP contribution in [-0.4, -0.2) is 26.1 Å². The molecule has 2 rings (SSSR count). The largest absolute Gasteiger partial charge is 0.370 e. The van der Waals surface area contributed by atoms with Gasteiger partial charge >= 0.3 is 0 Å². The van der Waals surface area contributed by atoms with Crippen LogP contribution in [-0.2, 0) is 13.0 Å². The van der Waals surface area contributed by atoms with Crippen molar-refractivity contribution in [1.82, 2.24) is 19.5 Å². The van der Waals surface area contributed by atoms with E-state index in [4.69, 9.17) is 4.98 Å². The van der Waals surface area contributed by atoms with E-state index in [2.05, 4.69) is 54.5 Å². The molecule has 5 nitrogen and oxygen atoms in total. The van der Waals surface area contributed by atoms with E-state index < -0.39 is 0 Å². The van der Waals surface area contributed by atoms with Crippen molar-refractivity contribution in [1.29, 1.82) is 0 Å². The highest BCUT2D eigenvalue weighted by Crippen LogP contribution is 2.21. The Hall–Kier alpha value is -1.91. The molecule has 1 N–H and O–H groups in total. The standard InChI is InChI=1S/C16H25N5/c1-6-17-16-12(5)13(19-15(20-16)11(3)4)10-14-18-8-9-21(14)7-2/h8-9,11H,6-7,10H2,1-5H3,(H,17,19,20). The fourth-order valence-electron chi connectivity index (χ4n) is 2.30. The smallest absolute Gasteiger partial charge is 0.133 e. The number of rotatable bonds is 6. The number of hydrogen-bond donors (Lipinski definition) is 1. The van der Waals surface area contributed by atoms with Gasteiger partial charge in [0.1, 0.15) is 17.5 Å². The molecular weight excluding hydrogens is 262 g/mol. The van der Waals surface area contributed by atoms with E-state index in [0.29, 0.717) is 5.92 Å². The monoisotopic (exact) mass is 287 g/mol. The summed E-state index contributed by atoms with van der Waals surface area (Å²) >= 11 is 0. The van der Waals surface area contributed by atoms with Crippen molar-refractivity contribution in [3.8, 4) is 0 Å². The van der Waals surface area contributed by atoms with E-state index >= 15 is 0 Å². The molecule has 0 bridgehead atoms. The van der Waals surface area contributed by atoms with Gasteiger partial charge in [-0.05, 0) is 20.8 Å². The lowest BCUT2D eigenvalue weighted by atomic mass is 10.1. The number of nitrogens with one attached hydrogen (secondary N) is 1. The molecule has 0 amide bonds. The quantitative estimate of drug-likeness (QED) is 0.886. The number of hydrogen-bond acceptors (Lipinski definition) is 4. The molecule has 21 heavy (non-hydrogen) atoms. The highest BCUT2D eigenvalue weighted by atomic mass is 15.1. The number of aromatic nitrogens is 4. The van der Waals surface area contributed by atoms with Gasteiger partial charge in [0.25, 0.3) is 0 Å². The highest BCUT2D eigenvalue weighted by molar-refractivity contribution is 5.46. The molecule has 0 aliphatic rings. The van der Waals surface area contributed by atoms with Crippen LogP contribution in [0.4, 0.5) is 5.82 Å². The van der Waals surface area contributed by atoms with Crippen LogP contribution in [0.25, 0.3) is 0 Å². The second kappa shape index (κ2) is 6.70. The second-order valence-electron chi connectivity index (χ2n) is 5.49. The molecule has 5 heteroatoms. The Morgan fingerprint density at radius 2 is 2.00 bits per heavy atom. The topological polar surface area (TPSA) is 55.6 Å². The Balaban J connectivity index is 2.41. The zero-order valence-corrected chi connectivity index (χ0v) is 13.6. The normalized spacial score (nSPS) is 11.1. The van der Waals surface area contributed by atoms with Crippen molar-refractivity contribution >= 4 is 5.82 Å². The molecule has 0 atom stereocenters. The van der Waals surface area contributed by atoms with E-state index in [1.807, 2.05) is 12.4 Å². The third kappa shape index (κ3) is 3.40. The summed E-state index contributed by atoms with van der Waals surface area (Å²) < 4.78 is 2.16. The molecule has 114 valence electrons. The Morgan fingerprint density at radius 3 is 2.62 bits per heavy atom. The van der Waals surface area contributed by atoms with Gasteiger partial charge in [-0.3, -0.25) is 0 Å². The molecule has 0 radical (unpaired) electrons. The summed E-state index contributed by atoms with van der Waals surface area (Å²) in [4.78, 5) is 13.9. The van der Waals surface area contributed by atoms with Gasteiger partial charge in [0.15, 0.2) is 0 Å². The van der Waals surface area contributed by atoms with Crippen LogP contribution in [0.5, 0.6) is 0 Å². The molecule has 2 heterocycles. The van der Waals surface area contributed by atoms with Crippen LogP contribution in [0.15, 0.2) is 12.4 Å². The zero-order chi connectivity index (χ0) is 15.4. The summed E-state index contributed by atoms with van der Waals surface area (Å²) in [6, 6.07) is 0. The van der Waals surface area contributed by atoms with Gasteiger partial charge in [-0.1, -0.05) is 13.8 Å². The molecule has 0 saturated heterocycles. The van der Waals surface area contributed by atoms with Crippen LogP contribution in [0.2, 0.25) is 0 Å².